The summed E-state index contributed by atoms with van der Waals surface area (Å²) < 4.78 is 2.37. The second-order valence-corrected chi connectivity index (χ2v) is 4.70. The lowest BCUT2D eigenvalue weighted by molar-refractivity contribution is 0.102. The largest absolute Gasteiger partial charge is 0.287 e. The minimum Gasteiger partial charge on any atom is -0.287 e. The van der Waals surface area contributed by atoms with E-state index in [1.54, 1.807) is 35.1 Å². The van der Waals surface area contributed by atoms with Gasteiger partial charge < -0.3 is 0 Å². The van der Waals surface area contributed by atoms with Crippen LogP contribution in [0.4, 0.5) is 0 Å². The van der Waals surface area contributed by atoms with E-state index in [4.69, 9.17) is 11.6 Å². The fourth-order valence-electron chi connectivity index (χ4n) is 1.59. The molecule has 5 heteroatoms. The molecule has 0 saturated carbocycles. The quantitative estimate of drug-likeness (QED) is 0.812. The molecule has 0 N–H and O–H groups in total. The van der Waals surface area contributed by atoms with Crippen molar-refractivity contribution in [2.45, 2.75) is 13.5 Å². The van der Waals surface area contributed by atoms with Gasteiger partial charge in [0.1, 0.15) is 5.69 Å². The van der Waals surface area contributed by atoms with Crippen LogP contribution in [0, 0.1) is 0 Å². The summed E-state index contributed by atoms with van der Waals surface area (Å²) >= 11 is 9.41. The van der Waals surface area contributed by atoms with Crippen LogP contribution in [0.1, 0.15) is 23.0 Å². The van der Waals surface area contributed by atoms with E-state index in [9.17, 15) is 4.79 Å². The highest BCUT2D eigenvalue weighted by Crippen LogP contribution is 2.27. The van der Waals surface area contributed by atoms with Crippen molar-refractivity contribution < 1.29 is 4.79 Å². The Bertz CT molecular complexity index is 565. The first kappa shape index (κ1) is 12.3. The Kier molecular flexibility index (Phi) is 3.64. The molecule has 3 nitrogen and oxygen atoms in total. The van der Waals surface area contributed by atoms with Gasteiger partial charge in [-0.3, -0.25) is 9.48 Å². The Hall–Kier alpha value is -1.13. The summed E-state index contributed by atoms with van der Waals surface area (Å²) in [4.78, 5) is 12.3. The third-order valence-corrected chi connectivity index (χ3v) is 3.74. The van der Waals surface area contributed by atoms with E-state index in [1.807, 2.05) is 6.92 Å². The van der Waals surface area contributed by atoms with E-state index in [0.717, 1.165) is 0 Å². The Labute approximate surface area is 113 Å². The molecule has 1 aromatic heterocycles. The summed E-state index contributed by atoms with van der Waals surface area (Å²) in [6.45, 7) is 2.59. The van der Waals surface area contributed by atoms with Crippen LogP contribution in [0.25, 0.3) is 0 Å². The van der Waals surface area contributed by atoms with Gasteiger partial charge in [-0.05, 0) is 41.1 Å². The molecule has 17 heavy (non-hydrogen) atoms. The van der Waals surface area contributed by atoms with Crippen molar-refractivity contribution in [2.75, 3.05) is 0 Å². The predicted molar refractivity (Wildman–Crippen MR) is 70.5 cm³/mol. The molecule has 1 heterocycles. The predicted octanol–water partition coefficient (Wildman–Crippen LogP) is 3.55. The van der Waals surface area contributed by atoms with Gasteiger partial charge in [-0.1, -0.05) is 17.7 Å². The molecule has 88 valence electrons. The lowest BCUT2D eigenvalue weighted by Gasteiger charge is -2.06. The standard InChI is InChI=1S/C12H10BrClN2O/c1-2-16-10(6-7-15-16)12(17)8-4-3-5-9(13)11(8)14/h3-7H,2H2,1H3. The zero-order chi connectivity index (χ0) is 12.4. The molecule has 0 atom stereocenters. The van der Waals surface area contributed by atoms with E-state index >= 15 is 0 Å². The van der Waals surface area contributed by atoms with Gasteiger partial charge in [-0.2, -0.15) is 5.10 Å². The fourth-order valence-corrected chi connectivity index (χ4v) is 2.17. The Morgan fingerprint density at radius 2 is 2.24 bits per heavy atom. The maximum atomic E-state index is 12.3. The van der Waals surface area contributed by atoms with E-state index in [2.05, 4.69) is 21.0 Å². The van der Waals surface area contributed by atoms with E-state index in [0.29, 0.717) is 27.3 Å². The first-order valence-electron chi connectivity index (χ1n) is 5.15. The van der Waals surface area contributed by atoms with Crippen molar-refractivity contribution in [1.82, 2.24) is 9.78 Å². The molecule has 1 aromatic carbocycles. The minimum atomic E-state index is -0.115. The first-order valence-corrected chi connectivity index (χ1v) is 6.32. The van der Waals surface area contributed by atoms with Crippen LogP contribution >= 0.6 is 27.5 Å². The third-order valence-electron chi connectivity index (χ3n) is 2.44. The number of halogens is 2. The number of hydrogen-bond donors (Lipinski definition) is 0. The third kappa shape index (κ3) is 2.28. The average Bonchev–Trinajstić information content (AvgIpc) is 2.80. The van der Waals surface area contributed by atoms with Crippen LogP contribution < -0.4 is 0 Å². The number of carbonyl (C=O) groups excluding carboxylic acids is 1. The molecule has 0 aliphatic carbocycles. The Morgan fingerprint density at radius 3 is 2.94 bits per heavy atom. The smallest absolute Gasteiger partial charge is 0.212 e. The molecule has 2 rings (SSSR count). The van der Waals surface area contributed by atoms with Gasteiger partial charge >= 0.3 is 0 Å². The molecule has 0 bridgehead atoms. The second-order valence-electron chi connectivity index (χ2n) is 3.46. The monoisotopic (exact) mass is 312 g/mol. The number of nitrogens with zero attached hydrogens (tertiary/aromatic N) is 2. The van der Waals surface area contributed by atoms with Crippen LogP contribution in [-0.2, 0) is 6.54 Å². The van der Waals surface area contributed by atoms with E-state index in [-0.39, 0.29) is 5.78 Å². The fraction of sp³-hybridized carbons (Fsp3) is 0.167. The lowest BCUT2D eigenvalue weighted by atomic mass is 10.1. The number of aromatic nitrogens is 2. The summed E-state index contributed by atoms with van der Waals surface area (Å²) in [5, 5.41) is 4.51. The summed E-state index contributed by atoms with van der Waals surface area (Å²) in [6, 6.07) is 7.00. The van der Waals surface area contributed by atoms with Crippen molar-refractivity contribution in [3.05, 3.63) is 51.2 Å². The SMILES string of the molecule is CCn1nccc1C(=O)c1cccc(Br)c1Cl. The molecule has 0 unspecified atom stereocenters. The molecule has 0 radical (unpaired) electrons. The summed E-state index contributed by atoms with van der Waals surface area (Å²) in [5.41, 5.74) is 1.03. The summed E-state index contributed by atoms with van der Waals surface area (Å²) in [5.74, 6) is -0.115. The highest BCUT2D eigenvalue weighted by atomic mass is 79.9. The van der Waals surface area contributed by atoms with Gasteiger partial charge in [0, 0.05) is 22.8 Å². The zero-order valence-corrected chi connectivity index (χ0v) is 11.5. The molecular formula is C12H10BrClN2O. The maximum absolute atomic E-state index is 12.3. The normalized spacial score (nSPS) is 10.5. The van der Waals surface area contributed by atoms with Crippen LogP contribution in [0.15, 0.2) is 34.9 Å². The van der Waals surface area contributed by atoms with Crippen LogP contribution in [0.3, 0.4) is 0 Å². The Balaban J connectivity index is 2.48. The molecule has 2 aromatic rings. The molecule has 0 saturated heterocycles. The van der Waals surface area contributed by atoms with Gasteiger partial charge in [0.25, 0.3) is 0 Å². The van der Waals surface area contributed by atoms with Crippen molar-refractivity contribution in [2.24, 2.45) is 0 Å². The van der Waals surface area contributed by atoms with Gasteiger partial charge in [-0.15, -0.1) is 0 Å². The number of rotatable bonds is 3. The molecular weight excluding hydrogens is 304 g/mol. The van der Waals surface area contributed by atoms with Gasteiger partial charge in [-0.25, -0.2) is 0 Å². The molecule has 0 amide bonds. The molecule has 0 fully saturated rings. The minimum absolute atomic E-state index is 0.115. The van der Waals surface area contributed by atoms with Crippen LogP contribution in [0.5, 0.6) is 0 Å². The van der Waals surface area contributed by atoms with Crippen molar-refractivity contribution in [3.63, 3.8) is 0 Å². The summed E-state index contributed by atoms with van der Waals surface area (Å²) in [6.07, 6.45) is 1.61. The maximum Gasteiger partial charge on any atom is 0.212 e. The summed E-state index contributed by atoms with van der Waals surface area (Å²) in [7, 11) is 0. The van der Waals surface area contributed by atoms with E-state index in [1.165, 1.54) is 0 Å². The highest BCUT2D eigenvalue weighted by molar-refractivity contribution is 9.10. The first-order chi connectivity index (χ1) is 8.15. The van der Waals surface area contributed by atoms with Crippen LogP contribution in [0.2, 0.25) is 5.02 Å². The van der Waals surface area contributed by atoms with Gasteiger partial charge in [0.15, 0.2) is 0 Å². The number of carbonyl (C=O) groups is 1. The zero-order valence-electron chi connectivity index (χ0n) is 9.15. The lowest BCUT2D eigenvalue weighted by Crippen LogP contribution is -2.11. The Morgan fingerprint density at radius 1 is 1.47 bits per heavy atom. The van der Waals surface area contributed by atoms with Crippen molar-refractivity contribution >= 4 is 33.3 Å². The number of hydrogen-bond acceptors (Lipinski definition) is 2. The van der Waals surface area contributed by atoms with Crippen molar-refractivity contribution in [1.29, 1.82) is 0 Å². The number of aryl methyl sites for hydroxylation is 1. The van der Waals surface area contributed by atoms with E-state index < -0.39 is 0 Å². The van der Waals surface area contributed by atoms with Crippen LogP contribution in [-0.4, -0.2) is 15.6 Å². The molecule has 0 aliphatic heterocycles. The molecule has 0 spiro atoms. The van der Waals surface area contributed by atoms with Gasteiger partial charge in [0.05, 0.1) is 5.02 Å². The average molecular weight is 314 g/mol. The molecule has 0 aliphatic rings. The van der Waals surface area contributed by atoms with Gasteiger partial charge in [0.2, 0.25) is 5.78 Å². The number of ketones is 1. The second kappa shape index (κ2) is 5.02. The number of benzene rings is 1. The van der Waals surface area contributed by atoms with Crippen molar-refractivity contribution in [3.8, 4) is 0 Å². The highest BCUT2D eigenvalue weighted by Gasteiger charge is 2.17. The topological polar surface area (TPSA) is 34.9 Å².